The minimum atomic E-state index is 0.334. The predicted octanol–water partition coefficient (Wildman–Crippen LogP) is 11.1. The summed E-state index contributed by atoms with van der Waals surface area (Å²) in [6.45, 7) is 0. The molecule has 9 rings (SSSR count). The molecule has 2 aliphatic carbocycles. The number of anilines is 6. The molecule has 0 saturated heterocycles. The summed E-state index contributed by atoms with van der Waals surface area (Å²) in [7, 11) is 0. The number of hydrogen-bond donors (Lipinski definition) is 0. The van der Waals surface area contributed by atoms with Crippen LogP contribution < -0.4 is 20.4 Å². The summed E-state index contributed by atoms with van der Waals surface area (Å²) in [5, 5.41) is 2.28. The minimum Gasteiger partial charge on any atom is -0.456 e. The van der Waals surface area contributed by atoms with E-state index in [-0.39, 0.29) is 0 Å². The maximum Gasteiger partial charge on any atom is 0.138 e. The molecule has 3 heteroatoms. The van der Waals surface area contributed by atoms with Gasteiger partial charge in [0.25, 0.3) is 0 Å². The van der Waals surface area contributed by atoms with Crippen molar-refractivity contribution in [3.8, 4) is 11.1 Å². The van der Waals surface area contributed by atoms with Crippen LogP contribution in [-0.4, -0.2) is 0 Å². The molecule has 234 valence electrons. The Morgan fingerprint density at radius 1 is 0.531 bits per heavy atom. The van der Waals surface area contributed by atoms with Crippen molar-refractivity contribution in [1.29, 1.82) is 0 Å². The van der Waals surface area contributed by atoms with E-state index in [2.05, 4.69) is 198 Å². The number of benzene rings is 6. The topological polar surface area (TPSA) is 19.6 Å². The summed E-state index contributed by atoms with van der Waals surface area (Å²) in [6.07, 6.45) is 12.1. The Labute approximate surface area is 286 Å². The zero-order valence-corrected chi connectivity index (χ0v) is 27.0. The highest BCUT2D eigenvalue weighted by Gasteiger charge is 2.27. The lowest BCUT2D eigenvalue weighted by Gasteiger charge is -2.34. The number of para-hydroxylation sites is 4. The fourth-order valence-electron chi connectivity index (χ4n) is 7.29. The highest BCUT2D eigenvalue weighted by molar-refractivity contribution is 6.01. The average molecular weight is 631 g/mol. The van der Waals surface area contributed by atoms with Gasteiger partial charge in [0.1, 0.15) is 11.0 Å². The van der Waals surface area contributed by atoms with Crippen LogP contribution in [-0.2, 0) is 0 Å². The number of rotatable bonds is 7. The molecule has 6 aromatic carbocycles. The van der Waals surface area contributed by atoms with Gasteiger partial charge < -0.3 is 14.2 Å². The number of hydrogen-bond acceptors (Lipinski definition) is 3. The fourth-order valence-corrected chi connectivity index (χ4v) is 7.29. The predicted molar refractivity (Wildman–Crippen MR) is 205 cm³/mol. The van der Waals surface area contributed by atoms with E-state index in [9.17, 15) is 0 Å². The molecular weight excluding hydrogens is 597 g/mol. The molecule has 1 heterocycles. The molecular formula is C46H34N2O. The summed E-state index contributed by atoms with van der Waals surface area (Å²) in [6, 6.07) is 55.9. The Morgan fingerprint density at radius 2 is 1.10 bits per heavy atom. The van der Waals surface area contributed by atoms with Gasteiger partial charge in [0.05, 0.1) is 17.1 Å². The van der Waals surface area contributed by atoms with Crippen molar-refractivity contribution < 1.29 is 4.42 Å². The first-order valence-corrected chi connectivity index (χ1v) is 16.9. The number of nitrogens with zero attached hydrogens (tertiary/aromatic N) is 2. The molecule has 0 aliphatic heterocycles. The summed E-state index contributed by atoms with van der Waals surface area (Å²) >= 11 is 0. The van der Waals surface area contributed by atoms with Crippen LogP contribution in [0.25, 0.3) is 33.7 Å². The SMILES string of the molecule is C1=CC2=c3oc4cc(N(c5ccccc5)c5ccccc5)c(N(c5ccccc5)c5ccccc5-c5ccccc5)cc4c3=CCC2C=C1. The van der Waals surface area contributed by atoms with Crippen molar-refractivity contribution in [2.75, 3.05) is 9.80 Å². The van der Waals surface area contributed by atoms with E-state index in [1.165, 1.54) is 16.4 Å². The minimum absolute atomic E-state index is 0.334. The van der Waals surface area contributed by atoms with E-state index in [0.717, 1.165) is 62.5 Å². The zero-order chi connectivity index (χ0) is 32.6. The molecule has 49 heavy (non-hydrogen) atoms. The van der Waals surface area contributed by atoms with E-state index in [1.807, 2.05) is 0 Å². The highest BCUT2D eigenvalue weighted by atomic mass is 16.3. The largest absolute Gasteiger partial charge is 0.456 e. The third kappa shape index (κ3) is 5.17. The van der Waals surface area contributed by atoms with Gasteiger partial charge in [-0.25, -0.2) is 0 Å². The molecule has 0 saturated carbocycles. The van der Waals surface area contributed by atoms with Crippen molar-refractivity contribution in [3.63, 3.8) is 0 Å². The van der Waals surface area contributed by atoms with Crippen LogP contribution in [0, 0.1) is 5.92 Å². The van der Waals surface area contributed by atoms with Gasteiger partial charge in [-0.15, -0.1) is 0 Å². The second-order valence-corrected chi connectivity index (χ2v) is 12.5. The Balaban J connectivity index is 1.40. The fraction of sp³-hybridized carbons (Fsp3) is 0.0435. The van der Waals surface area contributed by atoms with Crippen LogP contribution in [0.3, 0.4) is 0 Å². The lowest BCUT2D eigenvalue weighted by Crippen LogP contribution is -2.29. The molecule has 7 aromatic rings. The second-order valence-electron chi connectivity index (χ2n) is 12.5. The van der Waals surface area contributed by atoms with E-state index < -0.39 is 0 Å². The lowest BCUT2D eigenvalue weighted by molar-refractivity contribution is 0.563. The van der Waals surface area contributed by atoms with Crippen molar-refractivity contribution in [3.05, 3.63) is 193 Å². The Morgan fingerprint density at radius 3 is 1.78 bits per heavy atom. The molecule has 0 radical (unpaired) electrons. The molecule has 1 atom stereocenters. The van der Waals surface area contributed by atoms with Crippen LogP contribution in [0.2, 0.25) is 0 Å². The van der Waals surface area contributed by atoms with E-state index >= 15 is 0 Å². The lowest BCUT2D eigenvalue weighted by atomic mass is 9.88. The maximum absolute atomic E-state index is 6.86. The van der Waals surface area contributed by atoms with Gasteiger partial charge in [-0.2, -0.15) is 0 Å². The standard InChI is InChI=1S/C46H34N2O/c1-5-17-33(18-6-1)38-26-15-16-28-42(38)48(37-24-11-4-12-25-37)43-31-41-40-30-29-34-19-13-14-27-39(34)46(40)49-45(41)32-44(43)47(35-20-7-2-8-21-35)36-22-9-3-10-23-36/h1-28,30-32,34H,29H2. The van der Waals surface area contributed by atoms with Crippen molar-refractivity contribution in [1.82, 2.24) is 0 Å². The van der Waals surface area contributed by atoms with Crippen LogP contribution >= 0.6 is 0 Å². The smallest absolute Gasteiger partial charge is 0.138 e. The average Bonchev–Trinajstić information content (AvgIpc) is 3.55. The second kappa shape index (κ2) is 12.4. The summed E-state index contributed by atoms with van der Waals surface area (Å²) in [5.74, 6) is 0.334. The van der Waals surface area contributed by atoms with Gasteiger partial charge in [-0.3, -0.25) is 0 Å². The van der Waals surface area contributed by atoms with Gasteiger partial charge in [0.15, 0.2) is 0 Å². The molecule has 0 fully saturated rings. The summed E-state index contributed by atoms with van der Waals surface area (Å²) in [4.78, 5) is 4.76. The van der Waals surface area contributed by atoms with E-state index in [0.29, 0.717) is 5.92 Å². The molecule has 0 amide bonds. The van der Waals surface area contributed by atoms with Crippen molar-refractivity contribution in [2.45, 2.75) is 6.42 Å². The van der Waals surface area contributed by atoms with Gasteiger partial charge in [-0.05, 0) is 60.5 Å². The quantitative estimate of drug-likeness (QED) is 0.175. The molecule has 0 N–H and O–H groups in total. The molecule has 0 spiro atoms. The first-order chi connectivity index (χ1) is 24.3. The number of allylic oxidation sites excluding steroid dienone is 4. The van der Waals surface area contributed by atoms with Crippen LogP contribution in [0.15, 0.2) is 186 Å². The van der Waals surface area contributed by atoms with E-state index in [1.54, 1.807) is 0 Å². The highest BCUT2D eigenvalue weighted by Crippen LogP contribution is 2.49. The first kappa shape index (κ1) is 28.9. The molecule has 1 aromatic heterocycles. The molecule has 0 bridgehead atoms. The summed E-state index contributed by atoms with van der Waals surface area (Å²) < 4.78 is 6.86. The Hall–Kier alpha value is -6.32. The van der Waals surface area contributed by atoms with Crippen LogP contribution in [0.5, 0.6) is 0 Å². The first-order valence-electron chi connectivity index (χ1n) is 16.9. The zero-order valence-electron chi connectivity index (χ0n) is 27.0. The van der Waals surface area contributed by atoms with E-state index in [4.69, 9.17) is 4.42 Å². The van der Waals surface area contributed by atoms with Gasteiger partial charge in [0, 0.05) is 50.8 Å². The van der Waals surface area contributed by atoms with Gasteiger partial charge >= 0.3 is 0 Å². The number of fused-ring (bicyclic) bond motifs is 4. The third-order valence-corrected chi connectivity index (χ3v) is 9.55. The van der Waals surface area contributed by atoms with Crippen LogP contribution in [0.1, 0.15) is 6.42 Å². The molecule has 2 aliphatic rings. The monoisotopic (exact) mass is 630 g/mol. The Kier molecular flexibility index (Phi) is 7.29. The van der Waals surface area contributed by atoms with Crippen molar-refractivity contribution in [2.24, 2.45) is 5.92 Å². The van der Waals surface area contributed by atoms with Crippen LogP contribution in [0.4, 0.5) is 34.1 Å². The maximum atomic E-state index is 6.86. The molecule has 3 nitrogen and oxygen atoms in total. The molecule has 1 unspecified atom stereocenters. The van der Waals surface area contributed by atoms with Gasteiger partial charge in [-0.1, -0.05) is 134 Å². The number of furan rings is 1. The van der Waals surface area contributed by atoms with Crippen molar-refractivity contribution >= 4 is 56.7 Å². The van der Waals surface area contributed by atoms with Gasteiger partial charge in [0.2, 0.25) is 0 Å². The third-order valence-electron chi connectivity index (χ3n) is 9.55. The Bertz CT molecular complexity index is 2420. The summed E-state index contributed by atoms with van der Waals surface area (Å²) in [5.41, 5.74) is 11.8. The normalized spacial score (nSPS) is 14.6.